The Morgan fingerprint density at radius 2 is 1.89 bits per heavy atom. The largest absolute Gasteiger partial charge is 0.616 e. The third-order valence-electron chi connectivity index (χ3n) is 2.53. The van der Waals surface area contributed by atoms with Crippen LogP contribution in [0.4, 0.5) is 0 Å². The predicted molar refractivity (Wildman–Crippen MR) is 68.5 cm³/mol. The number of allylic oxidation sites excluding steroid dienone is 2. The maximum absolute atomic E-state index is 11.4. The standard InChI is InChI=1S/C14H22O4/c1-5-6-7-8-11(2)9-10-12(13(15)17-3)14(16)18-4/h5,15H,1-2,6-10H2,3-4H3/p-1/b13-12+. The summed E-state index contributed by atoms with van der Waals surface area (Å²) in [5.74, 6) is -1.28. The maximum Gasteiger partial charge on any atom is 0.335 e. The normalized spacial score (nSPS) is 11.4. The molecular formula is C14H21O4-. The number of carbonyl (C=O) groups is 1. The second-order valence-corrected chi connectivity index (χ2v) is 3.89. The number of hydrogen-bond acceptors (Lipinski definition) is 4. The highest BCUT2D eigenvalue weighted by Crippen LogP contribution is 2.18. The van der Waals surface area contributed by atoms with Gasteiger partial charge in [-0.05, 0) is 39.2 Å². The van der Waals surface area contributed by atoms with Crippen LogP contribution >= 0.6 is 0 Å². The molecule has 0 heterocycles. The second-order valence-electron chi connectivity index (χ2n) is 3.89. The molecule has 0 spiro atoms. The molecule has 0 unspecified atom stereocenters. The summed E-state index contributed by atoms with van der Waals surface area (Å²) < 4.78 is 9.09. The summed E-state index contributed by atoms with van der Waals surface area (Å²) in [4.78, 5) is 11.4. The van der Waals surface area contributed by atoms with Gasteiger partial charge in [-0.3, -0.25) is 0 Å². The van der Waals surface area contributed by atoms with Crippen LogP contribution in [0.25, 0.3) is 0 Å². The number of ether oxygens (including phenoxy) is 2. The zero-order chi connectivity index (χ0) is 14.0. The van der Waals surface area contributed by atoms with Crippen LogP contribution < -0.4 is 5.11 Å². The average molecular weight is 253 g/mol. The van der Waals surface area contributed by atoms with E-state index in [1.807, 2.05) is 6.08 Å². The van der Waals surface area contributed by atoms with E-state index in [0.29, 0.717) is 12.8 Å². The Kier molecular flexibility index (Phi) is 8.45. The molecule has 0 aliphatic heterocycles. The Bertz CT molecular complexity index is 329. The third-order valence-corrected chi connectivity index (χ3v) is 2.53. The molecule has 102 valence electrons. The highest BCUT2D eigenvalue weighted by Gasteiger charge is 2.12. The van der Waals surface area contributed by atoms with Crippen molar-refractivity contribution in [2.75, 3.05) is 14.2 Å². The molecule has 0 bridgehead atoms. The molecule has 0 radical (unpaired) electrons. The lowest BCUT2D eigenvalue weighted by Gasteiger charge is -2.15. The van der Waals surface area contributed by atoms with E-state index < -0.39 is 11.9 Å². The summed E-state index contributed by atoms with van der Waals surface area (Å²) >= 11 is 0. The first-order valence-electron chi connectivity index (χ1n) is 5.86. The first-order chi connectivity index (χ1) is 8.56. The van der Waals surface area contributed by atoms with Crippen LogP contribution in [0.3, 0.4) is 0 Å². The number of carbonyl (C=O) groups excluding carboxylic acids is 1. The Labute approximate surface area is 109 Å². The SMILES string of the molecule is C=CCCCC(=C)CC/C(C(=O)OC)=C(/[O-])OC. The van der Waals surface area contributed by atoms with Crippen LogP contribution in [-0.4, -0.2) is 20.2 Å². The minimum atomic E-state index is -0.638. The van der Waals surface area contributed by atoms with Gasteiger partial charge in [0.2, 0.25) is 0 Å². The third kappa shape index (κ3) is 6.13. The fourth-order valence-electron chi connectivity index (χ4n) is 1.46. The van der Waals surface area contributed by atoms with E-state index in [0.717, 1.165) is 24.8 Å². The molecule has 0 aromatic rings. The van der Waals surface area contributed by atoms with E-state index in [2.05, 4.69) is 22.6 Å². The van der Waals surface area contributed by atoms with Crippen LogP contribution in [0, 0.1) is 0 Å². The van der Waals surface area contributed by atoms with Crippen molar-refractivity contribution in [3.8, 4) is 0 Å². The van der Waals surface area contributed by atoms with E-state index in [1.54, 1.807) is 0 Å². The second kappa shape index (κ2) is 9.33. The van der Waals surface area contributed by atoms with Gasteiger partial charge in [0.1, 0.15) is 0 Å². The number of methoxy groups -OCH3 is 2. The molecule has 18 heavy (non-hydrogen) atoms. The summed E-state index contributed by atoms with van der Waals surface area (Å²) in [5, 5.41) is 11.4. The maximum atomic E-state index is 11.4. The quantitative estimate of drug-likeness (QED) is 0.207. The molecular weight excluding hydrogens is 232 g/mol. The van der Waals surface area contributed by atoms with E-state index >= 15 is 0 Å². The molecule has 0 saturated carbocycles. The average Bonchev–Trinajstić information content (AvgIpc) is 2.38. The van der Waals surface area contributed by atoms with Gasteiger partial charge in [-0.15, -0.1) is 6.58 Å². The lowest BCUT2D eigenvalue weighted by Crippen LogP contribution is -2.17. The van der Waals surface area contributed by atoms with Gasteiger partial charge in [-0.1, -0.05) is 18.2 Å². The van der Waals surface area contributed by atoms with Gasteiger partial charge in [0.05, 0.1) is 18.6 Å². The molecule has 0 saturated heterocycles. The summed E-state index contributed by atoms with van der Waals surface area (Å²) in [7, 11) is 2.48. The van der Waals surface area contributed by atoms with Crippen LogP contribution in [-0.2, 0) is 14.3 Å². The van der Waals surface area contributed by atoms with Crippen LogP contribution in [0.1, 0.15) is 32.1 Å². The highest BCUT2D eigenvalue weighted by molar-refractivity contribution is 5.88. The monoisotopic (exact) mass is 253 g/mol. The first-order valence-corrected chi connectivity index (χ1v) is 5.86. The number of unbranched alkanes of at least 4 members (excludes halogenated alkanes) is 1. The van der Waals surface area contributed by atoms with Gasteiger partial charge in [0.15, 0.2) is 0 Å². The van der Waals surface area contributed by atoms with Gasteiger partial charge in [-0.25, -0.2) is 4.79 Å². The van der Waals surface area contributed by atoms with Crippen molar-refractivity contribution in [1.82, 2.24) is 0 Å². The zero-order valence-electron chi connectivity index (χ0n) is 11.2. The molecule has 0 amide bonds. The molecule has 0 aromatic carbocycles. The van der Waals surface area contributed by atoms with Crippen molar-refractivity contribution < 1.29 is 19.4 Å². The number of rotatable bonds is 9. The molecule has 0 fully saturated rings. The molecule has 4 nitrogen and oxygen atoms in total. The van der Waals surface area contributed by atoms with Gasteiger partial charge in [0, 0.05) is 0 Å². The minimum absolute atomic E-state index is 0.0323. The smallest absolute Gasteiger partial charge is 0.335 e. The molecule has 0 aliphatic carbocycles. The van der Waals surface area contributed by atoms with Gasteiger partial charge in [0.25, 0.3) is 0 Å². The molecule has 0 N–H and O–H groups in total. The molecule has 4 heteroatoms. The van der Waals surface area contributed by atoms with E-state index in [-0.39, 0.29) is 5.57 Å². The summed E-state index contributed by atoms with van der Waals surface area (Å²) in [6, 6.07) is 0. The molecule has 0 aliphatic rings. The summed E-state index contributed by atoms with van der Waals surface area (Å²) in [5.41, 5.74) is 1.03. The Morgan fingerprint density at radius 1 is 1.22 bits per heavy atom. The first kappa shape index (κ1) is 16.3. The highest BCUT2D eigenvalue weighted by atomic mass is 16.6. The molecule has 0 rings (SSSR count). The van der Waals surface area contributed by atoms with Crippen molar-refractivity contribution in [3.05, 3.63) is 36.3 Å². The summed E-state index contributed by atoms with van der Waals surface area (Å²) in [6.45, 7) is 7.56. The fourth-order valence-corrected chi connectivity index (χ4v) is 1.46. The number of hydrogen-bond donors (Lipinski definition) is 0. The van der Waals surface area contributed by atoms with Crippen molar-refractivity contribution in [2.45, 2.75) is 32.1 Å². The van der Waals surface area contributed by atoms with Gasteiger partial charge in [-0.2, -0.15) is 0 Å². The topological polar surface area (TPSA) is 58.6 Å². The predicted octanol–water partition coefficient (Wildman–Crippen LogP) is 2.07. The summed E-state index contributed by atoms with van der Waals surface area (Å²) in [6.07, 6.45) is 5.51. The van der Waals surface area contributed by atoms with Crippen LogP contribution in [0.2, 0.25) is 0 Å². The lowest BCUT2D eigenvalue weighted by atomic mass is 10.0. The van der Waals surface area contributed by atoms with E-state index in [4.69, 9.17) is 0 Å². The van der Waals surface area contributed by atoms with Crippen LogP contribution in [0.5, 0.6) is 0 Å². The van der Waals surface area contributed by atoms with Gasteiger partial charge >= 0.3 is 5.97 Å². The van der Waals surface area contributed by atoms with E-state index in [9.17, 15) is 9.90 Å². The lowest BCUT2D eigenvalue weighted by molar-refractivity contribution is -0.355. The van der Waals surface area contributed by atoms with Crippen molar-refractivity contribution in [2.24, 2.45) is 0 Å². The van der Waals surface area contributed by atoms with Crippen LogP contribution in [0.15, 0.2) is 36.3 Å². The zero-order valence-corrected chi connectivity index (χ0v) is 11.2. The van der Waals surface area contributed by atoms with Crippen molar-refractivity contribution in [1.29, 1.82) is 0 Å². The van der Waals surface area contributed by atoms with Crippen molar-refractivity contribution in [3.63, 3.8) is 0 Å². The Balaban J connectivity index is 4.32. The van der Waals surface area contributed by atoms with E-state index in [1.165, 1.54) is 14.2 Å². The number of esters is 1. The van der Waals surface area contributed by atoms with Crippen molar-refractivity contribution >= 4 is 5.97 Å². The minimum Gasteiger partial charge on any atom is -0.616 e. The Hall–Kier alpha value is -1.71. The Morgan fingerprint density at radius 3 is 2.39 bits per heavy atom. The molecule has 0 atom stereocenters. The van der Waals surface area contributed by atoms with Gasteiger partial charge < -0.3 is 14.6 Å². The fraction of sp³-hybridized carbons (Fsp3) is 0.500. The molecule has 0 aromatic heterocycles.